The van der Waals surface area contributed by atoms with Crippen LogP contribution in [0.5, 0.6) is 0 Å². The molecule has 0 bridgehead atoms. The smallest absolute Gasteiger partial charge is 0.0361 e. The molecule has 1 heterocycles. The molecule has 0 atom stereocenters. The first kappa shape index (κ1) is 15.4. The summed E-state index contributed by atoms with van der Waals surface area (Å²) in [7, 11) is 0. The fourth-order valence-electron chi connectivity index (χ4n) is 3.38. The third-order valence-corrected chi connectivity index (χ3v) is 5.81. The molecule has 0 aliphatic heterocycles. The topological polar surface area (TPSA) is 0 Å². The number of fused-ring (bicyclic) bond motifs is 3. The lowest BCUT2D eigenvalue weighted by Gasteiger charge is -2.20. The van der Waals surface area contributed by atoms with Crippen molar-refractivity contribution >= 4 is 31.5 Å². The van der Waals surface area contributed by atoms with E-state index in [9.17, 15) is 0 Å². The zero-order valence-corrected chi connectivity index (χ0v) is 15.5. The second kappa shape index (κ2) is 5.46. The molecule has 4 aromatic rings. The summed E-state index contributed by atoms with van der Waals surface area (Å²) in [5, 5.41) is 2.82. The quantitative estimate of drug-likeness (QED) is 0.343. The predicted octanol–water partition coefficient (Wildman–Crippen LogP) is 7.33. The molecule has 0 nitrogen and oxygen atoms in total. The van der Waals surface area contributed by atoms with E-state index in [1.54, 1.807) is 0 Å². The average molecular weight is 330 g/mol. The molecule has 24 heavy (non-hydrogen) atoms. The minimum Gasteiger partial charge on any atom is -0.135 e. The van der Waals surface area contributed by atoms with Crippen molar-refractivity contribution in [2.24, 2.45) is 0 Å². The highest BCUT2D eigenvalue weighted by Gasteiger charge is 2.19. The number of hydrogen-bond acceptors (Lipinski definition) is 1. The van der Waals surface area contributed by atoms with Crippen molar-refractivity contribution in [3.8, 4) is 11.1 Å². The molecule has 3 aromatic carbocycles. The second-order valence-corrected chi connectivity index (χ2v) is 8.69. The van der Waals surface area contributed by atoms with Crippen molar-refractivity contribution in [2.75, 3.05) is 0 Å². The SMILES string of the molecule is Cc1ccc(-c2ccc3c(c2)sc2cccc(C(C)(C)C)c23)cc1. The zero-order chi connectivity index (χ0) is 16.9. The van der Waals surface area contributed by atoms with Crippen LogP contribution in [-0.4, -0.2) is 0 Å². The molecule has 120 valence electrons. The molecule has 0 aliphatic rings. The van der Waals surface area contributed by atoms with Crippen LogP contribution in [0.3, 0.4) is 0 Å². The third kappa shape index (κ3) is 2.53. The van der Waals surface area contributed by atoms with Crippen LogP contribution in [0.4, 0.5) is 0 Å². The first-order chi connectivity index (χ1) is 11.4. The summed E-state index contributed by atoms with van der Waals surface area (Å²) in [4.78, 5) is 0. The standard InChI is InChI=1S/C23H22S/c1-15-8-10-16(11-9-15)17-12-13-18-21(14-17)24-20-7-5-6-19(22(18)20)23(2,3)4/h5-14H,1-4H3. The van der Waals surface area contributed by atoms with Gasteiger partial charge in [-0.25, -0.2) is 0 Å². The largest absolute Gasteiger partial charge is 0.135 e. The maximum Gasteiger partial charge on any atom is 0.0361 e. The molecule has 0 aliphatic carbocycles. The van der Waals surface area contributed by atoms with Gasteiger partial charge in [-0.3, -0.25) is 0 Å². The van der Waals surface area contributed by atoms with Gasteiger partial charge in [0.2, 0.25) is 0 Å². The van der Waals surface area contributed by atoms with Gasteiger partial charge in [0, 0.05) is 20.2 Å². The second-order valence-electron chi connectivity index (χ2n) is 7.61. The maximum absolute atomic E-state index is 2.34. The lowest BCUT2D eigenvalue weighted by Crippen LogP contribution is -2.11. The van der Waals surface area contributed by atoms with Gasteiger partial charge in [0.05, 0.1) is 0 Å². The van der Waals surface area contributed by atoms with Gasteiger partial charge in [-0.2, -0.15) is 0 Å². The van der Waals surface area contributed by atoms with Gasteiger partial charge >= 0.3 is 0 Å². The minimum absolute atomic E-state index is 0.156. The van der Waals surface area contributed by atoms with Gasteiger partial charge in [-0.05, 0) is 41.2 Å². The molecule has 1 aromatic heterocycles. The molecule has 1 heteroatoms. The molecule has 0 amide bonds. The van der Waals surface area contributed by atoms with Crippen LogP contribution in [-0.2, 0) is 5.41 Å². The molecule has 4 rings (SSSR count). The molecule has 0 unspecified atom stereocenters. The number of rotatable bonds is 1. The highest BCUT2D eigenvalue weighted by Crippen LogP contribution is 2.41. The Morgan fingerprint density at radius 2 is 1.46 bits per heavy atom. The van der Waals surface area contributed by atoms with Gasteiger partial charge < -0.3 is 0 Å². The molecular weight excluding hydrogens is 308 g/mol. The molecule has 0 radical (unpaired) electrons. The number of thiophene rings is 1. The van der Waals surface area contributed by atoms with Crippen molar-refractivity contribution in [2.45, 2.75) is 33.1 Å². The van der Waals surface area contributed by atoms with E-state index in [2.05, 4.69) is 88.4 Å². The highest BCUT2D eigenvalue weighted by atomic mass is 32.1. The summed E-state index contributed by atoms with van der Waals surface area (Å²) >= 11 is 1.90. The summed E-state index contributed by atoms with van der Waals surface area (Å²) in [6.07, 6.45) is 0. The maximum atomic E-state index is 2.34. The average Bonchev–Trinajstić information content (AvgIpc) is 2.92. The van der Waals surface area contributed by atoms with Gasteiger partial charge in [0.25, 0.3) is 0 Å². The normalized spacial score (nSPS) is 12.2. The van der Waals surface area contributed by atoms with Crippen LogP contribution < -0.4 is 0 Å². The van der Waals surface area contributed by atoms with Crippen LogP contribution in [0.2, 0.25) is 0 Å². The first-order valence-electron chi connectivity index (χ1n) is 8.46. The van der Waals surface area contributed by atoms with Crippen molar-refractivity contribution in [3.63, 3.8) is 0 Å². The van der Waals surface area contributed by atoms with Crippen LogP contribution >= 0.6 is 11.3 Å². The fraction of sp³-hybridized carbons (Fsp3) is 0.217. The Morgan fingerprint density at radius 3 is 2.17 bits per heavy atom. The zero-order valence-electron chi connectivity index (χ0n) is 14.7. The van der Waals surface area contributed by atoms with E-state index in [1.807, 2.05) is 11.3 Å². The van der Waals surface area contributed by atoms with Gasteiger partial charge in [0.1, 0.15) is 0 Å². The third-order valence-electron chi connectivity index (χ3n) is 4.69. The molecule has 0 spiro atoms. The van der Waals surface area contributed by atoms with Crippen molar-refractivity contribution in [1.82, 2.24) is 0 Å². The van der Waals surface area contributed by atoms with Crippen LogP contribution in [0, 0.1) is 6.92 Å². The van der Waals surface area contributed by atoms with E-state index in [0.717, 1.165) is 0 Å². The summed E-state index contributed by atoms with van der Waals surface area (Å²) in [6.45, 7) is 9.02. The fourth-order valence-corrected chi connectivity index (χ4v) is 4.55. The minimum atomic E-state index is 0.156. The molecule has 0 saturated carbocycles. The Hall–Kier alpha value is -2.12. The van der Waals surface area contributed by atoms with Crippen molar-refractivity contribution < 1.29 is 0 Å². The Bertz CT molecular complexity index is 1030. The van der Waals surface area contributed by atoms with E-state index in [0.29, 0.717) is 0 Å². The highest BCUT2D eigenvalue weighted by molar-refractivity contribution is 7.25. The Morgan fingerprint density at radius 1 is 0.750 bits per heavy atom. The van der Waals surface area contributed by atoms with E-state index >= 15 is 0 Å². The predicted molar refractivity (Wildman–Crippen MR) is 108 cm³/mol. The monoisotopic (exact) mass is 330 g/mol. The van der Waals surface area contributed by atoms with E-state index in [1.165, 1.54) is 42.4 Å². The Balaban J connectivity index is 1.96. The van der Waals surface area contributed by atoms with Crippen LogP contribution in [0.25, 0.3) is 31.3 Å². The van der Waals surface area contributed by atoms with E-state index in [-0.39, 0.29) is 5.41 Å². The lowest BCUT2D eigenvalue weighted by molar-refractivity contribution is 0.596. The first-order valence-corrected chi connectivity index (χ1v) is 9.28. The number of benzene rings is 3. The van der Waals surface area contributed by atoms with Crippen molar-refractivity contribution in [3.05, 3.63) is 71.8 Å². The Kier molecular flexibility index (Phi) is 3.51. The summed E-state index contributed by atoms with van der Waals surface area (Å²) < 4.78 is 2.76. The van der Waals surface area contributed by atoms with Crippen LogP contribution in [0.15, 0.2) is 60.7 Å². The van der Waals surface area contributed by atoms with E-state index < -0.39 is 0 Å². The summed E-state index contributed by atoms with van der Waals surface area (Å²) in [5.74, 6) is 0. The molecule has 0 fully saturated rings. The lowest BCUT2D eigenvalue weighted by atomic mass is 9.84. The molecule has 0 N–H and O–H groups in total. The number of aryl methyl sites for hydroxylation is 1. The summed E-state index contributed by atoms with van der Waals surface area (Å²) in [6, 6.07) is 22.4. The van der Waals surface area contributed by atoms with Crippen molar-refractivity contribution in [1.29, 1.82) is 0 Å². The van der Waals surface area contributed by atoms with Crippen LogP contribution in [0.1, 0.15) is 31.9 Å². The van der Waals surface area contributed by atoms with Gasteiger partial charge in [-0.15, -0.1) is 11.3 Å². The molecular formula is C23H22S. The Labute approximate surface area is 147 Å². The summed E-state index contributed by atoms with van der Waals surface area (Å²) in [5.41, 5.74) is 5.48. The number of hydrogen-bond donors (Lipinski definition) is 0. The van der Waals surface area contributed by atoms with E-state index in [4.69, 9.17) is 0 Å². The van der Waals surface area contributed by atoms with Gasteiger partial charge in [0.15, 0.2) is 0 Å². The molecule has 0 saturated heterocycles. The van der Waals surface area contributed by atoms with Gasteiger partial charge in [-0.1, -0.05) is 74.9 Å².